The Balaban J connectivity index is 2.17. The van der Waals surface area contributed by atoms with Crippen LogP contribution in [-0.4, -0.2) is 33.5 Å². The van der Waals surface area contributed by atoms with Crippen LogP contribution in [0, 0.1) is 5.82 Å². The van der Waals surface area contributed by atoms with Gasteiger partial charge in [-0.05, 0) is 19.1 Å². The lowest BCUT2D eigenvalue weighted by molar-refractivity contribution is -0.164. The normalized spacial score (nSPS) is 18.5. The first kappa shape index (κ1) is 22.5. The number of benzene rings is 1. The number of aromatic nitrogens is 2. The molecule has 0 amide bonds. The van der Waals surface area contributed by atoms with Gasteiger partial charge in [0.1, 0.15) is 11.5 Å². The minimum absolute atomic E-state index is 0.0135. The van der Waals surface area contributed by atoms with Crippen LogP contribution in [0.3, 0.4) is 0 Å². The fourth-order valence-corrected chi connectivity index (χ4v) is 3.32. The van der Waals surface area contributed by atoms with Crippen molar-refractivity contribution >= 4 is 23.3 Å². The van der Waals surface area contributed by atoms with Crippen LogP contribution in [0.2, 0.25) is 5.02 Å². The van der Waals surface area contributed by atoms with Crippen molar-refractivity contribution in [3.8, 4) is 5.69 Å². The molecule has 1 aromatic heterocycles. The SMILES string of the molecule is COC(=O)[C@]1(C)CC(c2cc(-n3c(=O)cc(C(F)(F)F)n(C)c3=O)c(F)cc2Cl)=NO1. The summed E-state index contributed by atoms with van der Waals surface area (Å²) < 4.78 is 58.8. The van der Waals surface area contributed by atoms with Gasteiger partial charge in [0.05, 0.1) is 23.5 Å². The molecule has 1 atom stereocenters. The Bertz CT molecular complexity index is 1230. The Kier molecular flexibility index (Phi) is 5.47. The number of methoxy groups -OCH3 is 1. The van der Waals surface area contributed by atoms with Crippen molar-refractivity contribution in [3.05, 3.63) is 61.1 Å². The van der Waals surface area contributed by atoms with E-state index in [0.717, 1.165) is 26.3 Å². The number of ether oxygens (including phenoxy) is 1. The highest BCUT2D eigenvalue weighted by molar-refractivity contribution is 6.34. The van der Waals surface area contributed by atoms with E-state index in [-0.39, 0.29) is 37.9 Å². The molecule has 3 rings (SSSR count). The number of rotatable bonds is 3. The summed E-state index contributed by atoms with van der Waals surface area (Å²) in [5.74, 6) is -1.87. The number of hydrogen-bond donors (Lipinski definition) is 0. The summed E-state index contributed by atoms with van der Waals surface area (Å²) in [6.07, 6.45) is -5.10. The van der Waals surface area contributed by atoms with E-state index in [1.807, 2.05) is 0 Å². The molecule has 2 heterocycles. The molecular weight excluding hydrogens is 450 g/mol. The number of oxime groups is 1. The van der Waals surface area contributed by atoms with Gasteiger partial charge in [0, 0.05) is 25.1 Å². The first-order valence-electron chi connectivity index (χ1n) is 8.53. The average molecular weight is 464 g/mol. The average Bonchev–Trinajstić information content (AvgIpc) is 3.07. The van der Waals surface area contributed by atoms with Crippen molar-refractivity contribution in [2.24, 2.45) is 12.2 Å². The van der Waals surface area contributed by atoms with Gasteiger partial charge < -0.3 is 9.57 Å². The van der Waals surface area contributed by atoms with Crippen molar-refractivity contribution in [3.63, 3.8) is 0 Å². The minimum atomic E-state index is -4.97. The first-order valence-corrected chi connectivity index (χ1v) is 8.91. The number of esters is 1. The molecule has 0 saturated heterocycles. The third-order valence-corrected chi connectivity index (χ3v) is 4.99. The standard InChI is InChI=1S/C18H14ClF4N3O5/c1-17(15(28)30-3)7-11(24-31-17)8-4-12(10(20)5-9(8)19)26-14(27)6-13(18(21,22)23)25(2)16(26)29/h4-6H,7H2,1-3H3/t17-/m0/s1. The molecule has 1 aromatic carbocycles. The minimum Gasteiger partial charge on any atom is -0.466 e. The summed E-state index contributed by atoms with van der Waals surface area (Å²) in [5.41, 5.74) is -6.34. The Morgan fingerprint density at radius 2 is 1.94 bits per heavy atom. The van der Waals surface area contributed by atoms with Gasteiger partial charge in [-0.3, -0.25) is 9.36 Å². The molecule has 0 aliphatic carbocycles. The van der Waals surface area contributed by atoms with E-state index in [4.69, 9.17) is 16.4 Å². The van der Waals surface area contributed by atoms with E-state index in [2.05, 4.69) is 9.89 Å². The monoisotopic (exact) mass is 463 g/mol. The summed E-state index contributed by atoms with van der Waals surface area (Å²) in [7, 11) is 1.94. The number of carbonyl (C=O) groups excluding carboxylic acids is 1. The van der Waals surface area contributed by atoms with Crippen LogP contribution in [-0.2, 0) is 27.6 Å². The zero-order valence-corrected chi connectivity index (χ0v) is 17.0. The van der Waals surface area contributed by atoms with Crippen molar-refractivity contribution in [1.29, 1.82) is 0 Å². The molecule has 0 spiro atoms. The molecule has 8 nitrogen and oxygen atoms in total. The number of alkyl halides is 3. The second-order valence-corrected chi connectivity index (χ2v) is 7.26. The maximum Gasteiger partial charge on any atom is 0.431 e. The van der Waals surface area contributed by atoms with E-state index < -0.39 is 46.2 Å². The summed E-state index contributed by atoms with van der Waals surface area (Å²) in [4.78, 5) is 41.8. The molecule has 0 bridgehead atoms. The largest absolute Gasteiger partial charge is 0.466 e. The van der Waals surface area contributed by atoms with E-state index in [0.29, 0.717) is 0 Å². The molecular formula is C18H14ClF4N3O5. The summed E-state index contributed by atoms with van der Waals surface area (Å²) >= 11 is 6.06. The van der Waals surface area contributed by atoms with Crippen LogP contribution in [0.15, 0.2) is 32.9 Å². The fraction of sp³-hybridized carbons (Fsp3) is 0.333. The quantitative estimate of drug-likeness (QED) is 0.515. The van der Waals surface area contributed by atoms with Crippen molar-refractivity contribution in [1.82, 2.24) is 9.13 Å². The Morgan fingerprint density at radius 3 is 2.52 bits per heavy atom. The summed E-state index contributed by atoms with van der Waals surface area (Å²) in [5, 5.41) is 3.57. The third-order valence-electron chi connectivity index (χ3n) is 4.68. The van der Waals surface area contributed by atoms with Crippen LogP contribution in [0.1, 0.15) is 24.6 Å². The molecule has 0 saturated carbocycles. The molecule has 2 aromatic rings. The van der Waals surface area contributed by atoms with E-state index in [1.54, 1.807) is 0 Å². The second kappa shape index (κ2) is 7.52. The number of nitrogens with zero attached hydrogens (tertiary/aromatic N) is 3. The molecule has 1 aliphatic rings. The first-order chi connectivity index (χ1) is 14.3. The maximum atomic E-state index is 14.6. The van der Waals surface area contributed by atoms with Crippen LogP contribution in [0.25, 0.3) is 5.69 Å². The van der Waals surface area contributed by atoms with Crippen molar-refractivity contribution in [2.75, 3.05) is 7.11 Å². The maximum absolute atomic E-state index is 14.6. The Hall–Kier alpha value is -3.15. The lowest BCUT2D eigenvalue weighted by Gasteiger charge is -2.18. The predicted octanol–water partition coefficient (Wildman–Crippen LogP) is 2.40. The van der Waals surface area contributed by atoms with Crippen molar-refractivity contribution < 1.29 is 31.9 Å². The molecule has 1 aliphatic heterocycles. The Morgan fingerprint density at radius 1 is 1.29 bits per heavy atom. The van der Waals surface area contributed by atoms with Gasteiger partial charge in [-0.15, -0.1) is 0 Å². The molecule has 166 valence electrons. The molecule has 0 N–H and O–H groups in total. The zero-order chi connectivity index (χ0) is 23.3. The van der Waals surface area contributed by atoms with Crippen LogP contribution >= 0.6 is 11.6 Å². The Labute approximate surface area is 176 Å². The van der Waals surface area contributed by atoms with E-state index in [9.17, 15) is 31.9 Å². The van der Waals surface area contributed by atoms with Crippen LogP contribution in [0.5, 0.6) is 0 Å². The van der Waals surface area contributed by atoms with Gasteiger partial charge >= 0.3 is 17.8 Å². The summed E-state index contributed by atoms with van der Waals surface area (Å²) in [6.45, 7) is 1.39. The van der Waals surface area contributed by atoms with Gasteiger partial charge in [0.25, 0.3) is 5.56 Å². The molecule has 0 radical (unpaired) electrons. The molecule has 13 heteroatoms. The van der Waals surface area contributed by atoms with Crippen LogP contribution < -0.4 is 11.2 Å². The second-order valence-electron chi connectivity index (χ2n) is 6.85. The summed E-state index contributed by atoms with van der Waals surface area (Å²) in [6, 6.07) is 1.92. The molecule has 31 heavy (non-hydrogen) atoms. The van der Waals surface area contributed by atoms with Gasteiger partial charge in [-0.25, -0.2) is 18.5 Å². The number of hydrogen-bond acceptors (Lipinski definition) is 6. The molecule has 0 fully saturated rings. The van der Waals surface area contributed by atoms with Crippen LogP contribution in [0.4, 0.5) is 17.6 Å². The fourth-order valence-electron chi connectivity index (χ4n) is 3.06. The predicted molar refractivity (Wildman–Crippen MR) is 99.9 cm³/mol. The highest BCUT2D eigenvalue weighted by Gasteiger charge is 2.44. The van der Waals surface area contributed by atoms with Gasteiger partial charge in [0.15, 0.2) is 0 Å². The van der Waals surface area contributed by atoms with Gasteiger partial charge in [0.2, 0.25) is 5.60 Å². The highest BCUT2D eigenvalue weighted by Crippen LogP contribution is 2.32. The number of halogens is 5. The van der Waals surface area contributed by atoms with E-state index in [1.165, 1.54) is 6.92 Å². The smallest absolute Gasteiger partial charge is 0.431 e. The lowest BCUT2D eigenvalue weighted by atomic mass is 9.95. The van der Waals surface area contributed by atoms with Gasteiger partial charge in [-0.2, -0.15) is 13.2 Å². The number of carbonyl (C=O) groups is 1. The highest BCUT2D eigenvalue weighted by atomic mass is 35.5. The van der Waals surface area contributed by atoms with E-state index >= 15 is 0 Å². The van der Waals surface area contributed by atoms with Gasteiger partial charge in [-0.1, -0.05) is 16.8 Å². The topological polar surface area (TPSA) is 91.9 Å². The zero-order valence-electron chi connectivity index (χ0n) is 16.2. The van der Waals surface area contributed by atoms with Crippen molar-refractivity contribution in [2.45, 2.75) is 25.1 Å². The molecule has 0 unspecified atom stereocenters. The lowest BCUT2D eigenvalue weighted by Crippen LogP contribution is -2.41. The third kappa shape index (κ3) is 3.82.